The van der Waals surface area contributed by atoms with Crippen LogP contribution in [0.5, 0.6) is 0 Å². The minimum absolute atomic E-state index is 0.0550. The van der Waals surface area contributed by atoms with Crippen LogP contribution in [0, 0.1) is 0 Å². The summed E-state index contributed by atoms with van der Waals surface area (Å²) in [6, 6.07) is 24.6. The highest BCUT2D eigenvalue weighted by molar-refractivity contribution is 7.99. The first kappa shape index (κ1) is 18.7. The molecule has 1 amide bonds. The second-order valence-corrected chi connectivity index (χ2v) is 8.21. The van der Waals surface area contributed by atoms with E-state index >= 15 is 0 Å². The number of fused-ring (bicyclic) bond motifs is 3. The normalized spacial score (nSPS) is 12.5. The molecule has 0 aliphatic carbocycles. The van der Waals surface area contributed by atoms with E-state index in [2.05, 4.69) is 69.1 Å². The summed E-state index contributed by atoms with van der Waals surface area (Å²) < 4.78 is 1.64. The van der Waals surface area contributed by atoms with E-state index in [9.17, 15) is 4.79 Å². The van der Waals surface area contributed by atoms with Gasteiger partial charge < -0.3 is 10.2 Å². The molecule has 0 radical (unpaired) electrons. The van der Waals surface area contributed by atoms with Crippen molar-refractivity contribution in [1.82, 2.24) is 20.3 Å². The smallest absolute Gasteiger partial charge is 0.241 e. The van der Waals surface area contributed by atoms with Crippen molar-refractivity contribution in [3.8, 4) is 0 Å². The SMILES string of the molecule is O=C(Cn1nnc2ccccc21)NCCCN1c2ccccc2Sc2ccccc21. The highest BCUT2D eigenvalue weighted by Gasteiger charge is 2.22. The third kappa shape index (κ3) is 3.64. The third-order valence-corrected chi connectivity index (χ3v) is 6.26. The van der Waals surface area contributed by atoms with Crippen LogP contribution in [0.1, 0.15) is 6.42 Å². The summed E-state index contributed by atoms with van der Waals surface area (Å²) in [5, 5.41) is 11.2. The van der Waals surface area contributed by atoms with Gasteiger partial charge in [-0.1, -0.05) is 53.4 Å². The minimum Gasteiger partial charge on any atom is -0.354 e. The minimum atomic E-state index is -0.0550. The number of benzene rings is 3. The van der Waals surface area contributed by atoms with Gasteiger partial charge in [0.15, 0.2) is 0 Å². The van der Waals surface area contributed by atoms with Crippen LogP contribution in [0.2, 0.25) is 0 Å². The monoisotopic (exact) mass is 415 g/mol. The van der Waals surface area contributed by atoms with Crippen LogP contribution in [0.3, 0.4) is 0 Å². The molecule has 0 unspecified atom stereocenters. The molecule has 0 atom stereocenters. The quantitative estimate of drug-likeness (QED) is 0.477. The zero-order valence-corrected chi connectivity index (χ0v) is 17.2. The van der Waals surface area contributed by atoms with Crippen LogP contribution in [0.25, 0.3) is 11.0 Å². The molecule has 1 N–H and O–H groups in total. The van der Waals surface area contributed by atoms with Gasteiger partial charge in [0.05, 0.1) is 16.9 Å². The maximum absolute atomic E-state index is 12.4. The maximum Gasteiger partial charge on any atom is 0.241 e. The van der Waals surface area contributed by atoms with Crippen LogP contribution >= 0.6 is 11.8 Å². The van der Waals surface area contributed by atoms with Gasteiger partial charge in [-0.15, -0.1) is 5.10 Å². The highest BCUT2D eigenvalue weighted by Crippen LogP contribution is 2.47. The fourth-order valence-corrected chi connectivity index (χ4v) is 4.81. The Kier molecular flexibility index (Phi) is 5.11. The molecule has 1 aliphatic heterocycles. The summed E-state index contributed by atoms with van der Waals surface area (Å²) >= 11 is 1.81. The van der Waals surface area contributed by atoms with Crippen LogP contribution in [0.4, 0.5) is 11.4 Å². The van der Waals surface area contributed by atoms with E-state index in [-0.39, 0.29) is 12.5 Å². The molecule has 30 heavy (non-hydrogen) atoms. The number of carbonyl (C=O) groups excluding carboxylic acids is 1. The number of nitrogens with zero attached hydrogens (tertiary/aromatic N) is 4. The zero-order valence-electron chi connectivity index (χ0n) is 16.4. The second-order valence-electron chi connectivity index (χ2n) is 7.13. The Bertz CT molecular complexity index is 1160. The Morgan fingerprint density at radius 2 is 1.57 bits per heavy atom. The molecule has 6 nitrogen and oxygen atoms in total. The van der Waals surface area contributed by atoms with E-state index in [1.54, 1.807) is 16.4 Å². The molecule has 5 rings (SSSR count). The fraction of sp³-hybridized carbons (Fsp3) is 0.174. The number of carbonyl (C=O) groups is 1. The summed E-state index contributed by atoms with van der Waals surface area (Å²) in [6.45, 7) is 1.62. The van der Waals surface area contributed by atoms with Crippen LogP contribution in [-0.4, -0.2) is 34.0 Å². The Morgan fingerprint density at radius 3 is 2.33 bits per heavy atom. The van der Waals surface area contributed by atoms with Gasteiger partial charge in [-0.25, -0.2) is 4.68 Å². The number of para-hydroxylation sites is 3. The van der Waals surface area contributed by atoms with Gasteiger partial charge in [-0.05, 0) is 42.8 Å². The number of anilines is 2. The average molecular weight is 416 g/mol. The number of hydrogen-bond acceptors (Lipinski definition) is 5. The van der Waals surface area contributed by atoms with Gasteiger partial charge in [0.1, 0.15) is 12.1 Å². The lowest BCUT2D eigenvalue weighted by Crippen LogP contribution is -2.31. The Morgan fingerprint density at radius 1 is 0.900 bits per heavy atom. The van der Waals surface area contributed by atoms with Crippen molar-refractivity contribution < 1.29 is 4.79 Å². The molecule has 0 spiro atoms. The predicted octanol–water partition coefficient (Wildman–Crippen LogP) is 4.24. The lowest BCUT2D eigenvalue weighted by Gasteiger charge is -2.32. The van der Waals surface area contributed by atoms with E-state index in [0.717, 1.165) is 24.0 Å². The third-order valence-electron chi connectivity index (χ3n) is 5.13. The summed E-state index contributed by atoms with van der Waals surface area (Å²) in [6.07, 6.45) is 0.844. The van der Waals surface area contributed by atoms with Gasteiger partial charge in [-0.3, -0.25) is 4.79 Å². The fourth-order valence-electron chi connectivity index (χ4n) is 3.71. The van der Waals surface area contributed by atoms with E-state index in [4.69, 9.17) is 0 Å². The maximum atomic E-state index is 12.4. The molecule has 4 aromatic rings. The summed E-state index contributed by atoms with van der Waals surface area (Å²) in [4.78, 5) is 17.3. The number of rotatable bonds is 6. The zero-order chi connectivity index (χ0) is 20.3. The van der Waals surface area contributed by atoms with Crippen molar-refractivity contribution in [2.45, 2.75) is 22.8 Å². The molecule has 2 heterocycles. The van der Waals surface area contributed by atoms with E-state index < -0.39 is 0 Å². The van der Waals surface area contributed by atoms with Crippen LogP contribution < -0.4 is 10.2 Å². The molecule has 0 saturated carbocycles. The van der Waals surface area contributed by atoms with Crippen molar-refractivity contribution in [1.29, 1.82) is 0 Å². The molecule has 150 valence electrons. The molecule has 3 aromatic carbocycles. The van der Waals surface area contributed by atoms with Crippen molar-refractivity contribution >= 4 is 40.1 Å². The lowest BCUT2D eigenvalue weighted by atomic mass is 10.2. The number of aromatic nitrogens is 3. The first-order chi connectivity index (χ1) is 14.8. The lowest BCUT2D eigenvalue weighted by molar-refractivity contribution is -0.121. The van der Waals surface area contributed by atoms with E-state index in [0.29, 0.717) is 6.54 Å². The Labute approximate surface area is 178 Å². The van der Waals surface area contributed by atoms with Gasteiger partial charge in [-0.2, -0.15) is 0 Å². The number of hydrogen-bond donors (Lipinski definition) is 1. The first-order valence-corrected chi connectivity index (χ1v) is 10.8. The van der Waals surface area contributed by atoms with Crippen LogP contribution in [0.15, 0.2) is 82.6 Å². The Balaban J connectivity index is 1.21. The predicted molar refractivity (Wildman–Crippen MR) is 119 cm³/mol. The topological polar surface area (TPSA) is 63.1 Å². The summed E-state index contributed by atoms with van der Waals surface area (Å²) in [7, 11) is 0. The van der Waals surface area contributed by atoms with E-state index in [1.165, 1.54) is 21.2 Å². The van der Waals surface area contributed by atoms with Gasteiger partial charge in [0.2, 0.25) is 5.91 Å². The number of nitrogens with one attached hydrogen (secondary N) is 1. The van der Waals surface area contributed by atoms with Gasteiger partial charge in [0.25, 0.3) is 0 Å². The van der Waals surface area contributed by atoms with Crippen molar-refractivity contribution in [2.75, 3.05) is 18.0 Å². The molecule has 0 saturated heterocycles. The summed E-state index contributed by atoms with van der Waals surface area (Å²) in [5.74, 6) is -0.0550. The first-order valence-electron chi connectivity index (χ1n) is 9.98. The average Bonchev–Trinajstić information content (AvgIpc) is 3.18. The molecular formula is C23H21N5OS. The Hall–Kier alpha value is -3.32. The van der Waals surface area contributed by atoms with Crippen LogP contribution in [-0.2, 0) is 11.3 Å². The molecule has 0 bridgehead atoms. The van der Waals surface area contributed by atoms with Gasteiger partial charge in [0, 0.05) is 22.9 Å². The number of amides is 1. The van der Waals surface area contributed by atoms with E-state index in [1.807, 2.05) is 24.3 Å². The standard InChI is InChI=1S/C23H21N5OS/c29-23(16-28-18-9-2-1-8-17(18)25-26-28)24-14-7-15-27-19-10-3-5-12-21(19)30-22-13-6-4-11-20(22)27/h1-6,8-13H,7,14-16H2,(H,24,29). The molecule has 1 aromatic heterocycles. The van der Waals surface area contributed by atoms with Crippen molar-refractivity contribution in [3.63, 3.8) is 0 Å². The largest absolute Gasteiger partial charge is 0.354 e. The highest BCUT2D eigenvalue weighted by atomic mass is 32.2. The van der Waals surface area contributed by atoms with Crippen molar-refractivity contribution in [2.24, 2.45) is 0 Å². The molecule has 7 heteroatoms. The molecular weight excluding hydrogens is 394 g/mol. The summed E-state index contributed by atoms with van der Waals surface area (Å²) in [5.41, 5.74) is 4.11. The molecule has 0 fully saturated rings. The second kappa shape index (κ2) is 8.20. The van der Waals surface area contributed by atoms with Crippen molar-refractivity contribution in [3.05, 3.63) is 72.8 Å². The van der Waals surface area contributed by atoms with Gasteiger partial charge >= 0.3 is 0 Å². The molecule has 1 aliphatic rings.